The van der Waals surface area contributed by atoms with E-state index >= 15 is 0 Å². The fourth-order valence-corrected chi connectivity index (χ4v) is 5.07. The van der Waals surface area contributed by atoms with Gasteiger partial charge in [-0.25, -0.2) is 8.42 Å². The number of hydrogen-bond donors (Lipinski definition) is 0. The van der Waals surface area contributed by atoms with Crippen molar-refractivity contribution in [1.82, 2.24) is 19.7 Å². The highest BCUT2D eigenvalue weighted by atomic mass is 32.2. The standard InChI is InChI=1S/C15H18N4O3S2/c1-18-11-16-17-15(18)24(21,22)13-6-8-19(9-7-13)14(20)5-4-12-3-2-10-23-12/h2-5,10-11,13H,6-9H2,1H3. The molecule has 0 N–H and O–H groups in total. The van der Waals surface area contributed by atoms with Crippen molar-refractivity contribution in [3.63, 3.8) is 0 Å². The molecule has 0 spiro atoms. The van der Waals surface area contributed by atoms with E-state index in [2.05, 4.69) is 10.2 Å². The second-order valence-corrected chi connectivity index (χ2v) is 8.74. The SMILES string of the molecule is Cn1cnnc1S(=O)(=O)C1CCN(C(=O)C=Cc2cccs2)CC1. The van der Waals surface area contributed by atoms with Crippen LogP contribution in [0.4, 0.5) is 0 Å². The van der Waals surface area contributed by atoms with E-state index in [-0.39, 0.29) is 11.1 Å². The molecule has 1 fully saturated rings. The van der Waals surface area contributed by atoms with Crippen molar-refractivity contribution in [2.24, 2.45) is 7.05 Å². The van der Waals surface area contributed by atoms with Crippen LogP contribution in [0.15, 0.2) is 35.1 Å². The van der Waals surface area contributed by atoms with Crippen LogP contribution in [0, 0.1) is 0 Å². The summed E-state index contributed by atoms with van der Waals surface area (Å²) in [4.78, 5) is 14.9. The van der Waals surface area contributed by atoms with Crippen LogP contribution < -0.4 is 0 Å². The Morgan fingerprint density at radius 1 is 1.38 bits per heavy atom. The Kier molecular flexibility index (Phi) is 4.81. The summed E-state index contributed by atoms with van der Waals surface area (Å²) in [7, 11) is -1.90. The molecular formula is C15H18N4O3S2. The average Bonchev–Trinajstić information content (AvgIpc) is 3.24. The molecule has 2 aromatic rings. The molecule has 7 nitrogen and oxygen atoms in total. The number of aromatic nitrogens is 3. The molecule has 1 amide bonds. The number of carbonyl (C=O) groups is 1. The first-order valence-electron chi connectivity index (χ1n) is 7.57. The predicted octanol–water partition coefficient (Wildman–Crippen LogP) is 1.35. The zero-order valence-corrected chi connectivity index (χ0v) is 14.8. The number of likely N-dealkylation sites (tertiary alicyclic amines) is 1. The minimum absolute atomic E-state index is 0.00938. The molecule has 1 aliphatic heterocycles. The minimum atomic E-state index is -3.51. The van der Waals surface area contributed by atoms with Crippen molar-refractivity contribution in [3.8, 4) is 0 Å². The smallest absolute Gasteiger partial charge is 0.249 e. The Morgan fingerprint density at radius 2 is 2.12 bits per heavy atom. The summed E-state index contributed by atoms with van der Waals surface area (Å²) in [6.07, 6.45) is 5.53. The second kappa shape index (κ2) is 6.86. The van der Waals surface area contributed by atoms with Crippen molar-refractivity contribution in [2.45, 2.75) is 23.2 Å². The van der Waals surface area contributed by atoms with E-state index in [1.54, 1.807) is 35.4 Å². The molecule has 3 heterocycles. The van der Waals surface area contributed by atoms with Gasteiger partial charge in [0, 0.05) is 31.1 Å². The maximum atomic E-state index is 12.6. The monoisotopic (exact) mass is 366 g/mol. The third-order valence-corrected chi connectivity index (χ3v) is 7.12. The van der Waals surface area contributed by atoms with Crippen LogP contribution in [-0.2, 0) is 21.7 Å². The lowest BCUT2D eigenvalue weighted by Crippen LogP contribution is -2.42. The van der Waals surface area contributed by atoms with Gasteiger partial charge in [0.25, 0.3) is 0 Å². The zero-order chi connectivity index (χ0) is 17.2. The van der Waals surface area contributed by atoms with E-state index < -0.39 is 15.1 Å². The molecule has 9 heteroatoms. The van der Waals surface area contributed by atoms with E-state index in [9.17, 15) is 13.2 Å². The summed E-state index contributed by atoms with van der Waals surface area (Å²) in [5.41, 5.74) is 0. The largest absolute Gasteiger partial charge is 0.339 e. The van der Waals surface area contributed by atoms with Crippen molar-refractivity contribution >= 4 is 33.2 Å². The Hall–Kier alpha value is -2.00. The van der Waals surface area contributed by atoms with Crippen LogP contribution in [0.25, 0.3) is 6.08 Å². The molecule has 24 heavy (non-hydrogen) atoms. The van der Waals surface area contributed by atoms with Gasteiger partial charge in [0.05, 0.1) is 5.25 Å². The molecule has 128 valence electrons. The van der Waals surface area contributed by atoms with Crippen molar-refractivity contribution in [2.75, 3.05) is 13.1 Å². The molecule has 0 bridgehead atoms. The highest BCUT2D eigenvalue weighted by molar-refractivity contribution is 7.91. The second-order valence-electron chi connectivity index (χ2n) is 5.64. The quantitative estimate of drug-likeness (QED) is 0.763. The van der Waals surface area contributed by atoms with Crippen LogP contribution in [-0.4, -0.2) is 52.3 Å². The number of sulfone groups is 1. The normalized spacial score (nSPS) is 16.8. The highest BCUT2D eigenvalue weighted by Crippen LogP contribution is 2.23. The summed E-state index contributed by atoms with van der Waals surface area (Å²) in [5.74, 6) is -0.0853. The first-order chi connectivity index (χ1) is 11.5. The molecule has 0 unspecified atom stereocenters. The van der Waals surface area contributed by atoms with E-state index in [1.807, 2.05) is 17.5 Å². The topological polar surface area (TPSA) is 85.2 Å². The number of amides is 1. The fraction of sp³-hybridized carbons (Fsp3) is 0.400. The predicted molar refractivity (Wildman–Crippen MR) is 91.1 cm³/mol. The van der Waals surface area contributed by atoms with Crippen molar-refractivity contribution in [1.29, 1.82) is 0 Å². The van der Waals surface area contributed by atoms with Crippen LogP contribution >= 0.6 is 11.3 Å². The Balaban J connectivity index is 1.61. The first-order valence-corrected chi connectivity index (χ1v) is 9.99. The number of rotatable bonds is 4. The van der Waals surface area contributed by atoms with E-state index in [1.165, 1.54) is 10.9 Å². The molecule has 1 aliphatic rings. The lowest BCUT2D eigenvalue weighted by atomic mass is 10.1. The number of nitrogens with zero attached hydrogens (tertiary/aromatic N) is 4. The maximum Gasteiger partial charge on any atom is 0.249 e. The Morgan fingerprint density at radius 3 is 2.71 bits per heavy atom. The van der Waals surface area contributed by atoms with Gasteiger partial charge in [0.1, 0.15) is 6.33 Å². The number of carbonyl (C=O) groups excluding carboxylic acids is 1. The molecule has 0 aromatic carbocycles. The van der Waals surface area contributed by atoms with Crippen LogP contribution in [0.2, 0.25) is 0 Å². The number of thiophene rings is 1. The van der Waals surface area contributed by atoms with E-state index in [0.717, 1.165) is 4.88 Å². The van der Waals surface area contributed by atoms with Crippen molar-refractivity contribution < 1.29 is 13.2 Å². The van der Waals surface area contributed by atoms with Crippen LogP contribution in [0.3, 0.4) is 0 Å². The highest BCUT2D eigenvalue weighted by Gasteiger charge is 2.35. The van der Waals surface area contributed by atoms with Gasteiger partial charge in [0.15, 0.2) is 0 Å². The van der Waals surface area contributed by atoms with Crippen LogP contribution in [0.5, 0.6) is 0 Å². The third kappa shape index (κ3) is 3.41. The Labute approximate surface area is 144 Å². The average molecular weight is 366 g/mol. The number of piperidine rings is 1. The van der Waals surface area contributed by atoms with Gasteiger partial charge in [-0.05, 0) is 30.4 Å². The summed E-state index contributed by atoms with van der Waals surface area (Å²) < 4.78 is 26.6. The number of aryl methyl sites for hydroxylation is 1. The summed E-state index contributed by atoms with van der Waals surface area (Å²) in [5, 5.41) is 8.76. The lowest BCUT2D eigenvalue weighted by molar-refractivity contribution is -0.126. The molecule has 3 rings (SSSR count). The van der Waals surface area contributed by atoms with Gasteiger partial charge in [-0.15, -0.1) is 21.5 Å². The van der Waals surface area contributed by atoms with Gasteiger partial charge in [0.2, 0.25) is 20.9 Å². The molecule has 0 atom stereocenters. The molecule has 0 radical (unpaired) electrons. The van der Waals surface area contributed by atoms with Gasteiger partial charge in [-0.1, -0.05) is 6.07 Å². The molecule has 1 saturated heterocycles. The Bertz CT molecular complexity index is 832. The molecule has 2 aromatic heterocycles. The zero-order valence-electron chi connectivity index (χ0n) is 13.2. The van der Waals surface area contributed by atoms with Gasteiger partial charge >= 0.3 is 0 Å². The van der Waals surface area contributed by atoms with Gasteiger partial charge < -0.3 is 9.47 Å². The summed E-state index contributed by atoms with van der Waals surface area (Å²) >= 11 is 1.56. The maximum absolute atomic E-state index is 12.6. The summed E-state index contributed by atoms with van der Waals surface area (Å²) in [6.45, 7) is 0.852. The molecule has 0 saturated carbocycles. The minimum Gasteiger partial charge on any atom is -0.339 e. The molecule has 0 aliphatic carbocycles. The first kappa shape index (κ1) is 16.8. The third-order valence-electron chi connectivity index (χ3n) is 4.05. The van der Waals surface area contributed by atoms with E-state index in [0.29, 0.717) is 25.9 Å². The van der Waals surface area contributed by atoms with Crippen LogP contribution in [0.1, 0.15) is 17.7 Å². The van der Waals surface area contributed by atoms with Gasteiger partial charge in [-0.2, -0.15) is 0 Å². The van der Waals surface area contributed by atoms with Gasteiger partial charge in [-0.3, -0.25) is 4.79 Å². The summed E-state index contributed by atoms with van der Waals surface area (Å²) in [6, 6.07) is 3.87. The lowest BCUT2D eigenvalue weighted by Gasteiger charge is -2.30. The van der Waals surface area contributed by atoms with E-state index in [4.69, 9.17) is 0 Å². The number of hydrogen-bond acceptors (Lipinski definition) is 6. The molecular weight excluding hydrogens is 348 g/mol. The van der Waals surface area contributed by atoms with Crippen molar-refractivity contribution in [3.05, 3.63) is 34.8 Å². The fourth-order valence-electron chi connectivity index (χ4n) is 2.71.